The summed E-state index contributed by atoms with van der Waals surface area (Å²) >= 11 is 5.70. The van der Waals surface area contributed by atoms with Gasteiger partial charge in [0.15, 0.2) is 5.82 Å². The summed E-state index contributed by atoms with van der Waals surface area (Å²) in [6, 6.07) is 1.95. The topological polar surface area (TPSA) is 63.2 Å². The van der Waals surface area contributed by atoms with Crippen molar-refractivity contribution in [2.75, 3.05) is 6.54 Å². The van der Waals surface area contributed by atoms with Crippen molar-refractivity contribution in [3.63, 3.8) is 0 Å². The number of hydrogen-bond acceptors (Lipinski definition) is 3. The van der Waals surface area contributed by atoms with Crippen LogP contribution >= 0.6 is 22.3 Å². The summed E-state index contributed by atoms with van der Waals surface area (Å²) in [4.78, 5) is 11.1. The molecule has 0 aromatic heterocycles. The minimum absolute atomic E-state index is 0.0477. The standard InChI is InChI=1S/C12H12Cl2FNO3S/c1-12(2-3-12)6-16-11(17)8-4-7(13)5-9(10(8)15)20(14,18)19/h4-5H,2-3,6H2,1H3,(H,16,17). The van der Waals surface area contributed by atoms with E-state index < -0.39 is 31.2 Å². The molecule has 0 atom stereocenters. The van der Waals surface area contributed by atoms with Crippen LogP contribution in [0.3, 0.4) is 0 Å². The highest BCUT2D eigenvalue weighted by Crippen LogP contribution is 2.44. The molecule has 1 aliphatic carbocycles. The first-order valence-corrected chi connectivity index (χ1v) is 8.53. The van der Waals surface area contributed by atoms with Crippen molar-refractivity contribution in [3.05, 3.63) is 28.5 Å². The van der Waals surface area contributed by atoms with Gasteiger partial charge in [0, 0.05) is 22.2 Å². The van der Waals surface area contributed by atoms with Gasteiger partial charge in [-0.1, -0.05) is 18.5 Å². The Kier molecular flexibility index (Phi) is 4.01. The average molecular weight is 340 g/mol. The molecule has 1 amide bonds. The highest BCUT2D eigenvalue weighted by molar-refractivity contribution is 8.13. The molecule has 2 rings (SSSR count). The number of carbonyl (C=O) groups excluding carboxylic acids is 1. The molecule has 8 heteroatoms. The van der Waals surface area contributed by atoms with Gasteiger partial charge < -0.3 is 5.32 Å². The lowest BCUT2D eigenvalue weighted by Crippen LogP contribution is -2.30. The molecule has 1 N–H and O–H groups in total. The fraction of sp³-hybridized carbons (Fsp3) is 0.417. The van der Waals surface area contributed by atoms with Crippen LogP contribution < -0.4 is 5.32 Å². The van der Waals surface area contributed by atoms with Crippen LogP contribution in [0.5, 0.6) is 0 Å². The Morgan fingerprint density at radius 1 is 1.45 bits per heavy atom. The lowest BCUT2D eigenvalue weighted by molar-refractivity contribution is 0.0941. The lowest BCUT2D eigenvalue weighted by atomic mass is 10.1. The number of halogens is 3. The molecule has 0 radical (unpaired) electrons. The van der Waals surface area contributed by atoms with Gasteiger partial charge in [0.25, 0.3) is 15.0 Å². The Bertz CT molecular complexity index is 672. The van der Waals surface area contributed by atoms with Crippen molar-refractivity contribution in [1.29, 1.82) is 0 Å². The van der Waals surface area contributed by atoms with Crippen LogP contribution in [-0.4, -0.2) is 20.9 Å². The molecule has 4 nitrogen and oxygen atoms in total. The highest BCUT2D eigenvalue weighted by Gasteiger charge is 2.37. The van der Waals surface area contributed by atoms with Crippen LogP contribution in [-0.2, 0) is 9.05 Å². The third kappa shape index (κ3) is 3.42. The third-order valence-electron chi connectivity index (χ3n) is 3.29. The lowest BCUT2D eigenvalue weighted by Gasteiger charge is -2.11. The van der Waals surface area contributed by atoms with Gasteiger partial charge in [-0.15, -0.1) is 0 Å². The Labute approximate surface area is 125 Å². The number of rotatable bonds is 4. The second-order valence-corrected chi connectivity index (χ2v) is 8.17. The maximum atomic E-state index is 14.1. The molecule has 0 spiro atoms. The number of nitrogens with one attached hydrogen (secondary N) is 1. The van der Waals surface area contributed by atoms with Gasteiger partial charge >= 0.3 is 0 Å². The molecule has 1 aromatic rings. The normalized spacial score (nSPS) is 16.8. The maximum Gasteiger partial charge on any atom is 0.264 e. The number of amides is 1. The van der Waals surface area contributed by atoms with Crippen molar-refractivity contribution in [3.8, 4) is 0 Å². The smallest absolute Gasteiger partial charge is 0.264 e. The second-order valence-electron chi connectivity index (χ2n) is 5.20. The number of carbonyl (C=O) groups is 1. The van der Waals surface area contributed by atoms with E-state index in [-0.39, 0.29) is 10.4 Å². The fourth-order valence-corrected chi connectivity index (χ4v) is 2.90. The van der Waals surface area contributed by atoms with Crippen molar-refractivity contribution in [1.82, 2.24) is 5.32 Å². The van der Waals surface area contributed by atoms with Gasteiger partial charge in [-0.05, 0) is 30.4 Å². The Morgan fingerprint density at radius 2 is 2.05 bits per heavy atom. The van der Waals surface area contributed by atoms with E-state index in [1.165, 1.54) is 0 Å². The van der Waals surface area contributed by atoms with Crippen LogP contribution in [0.15, 0.2) is 17.0 Å². The minimum atomic E-state index is -4.31. The van der Waals surface area contributed by atoms with Crippen molar-refractivity contribution in [2.45, 2.75) is 24.7 Å². The van der Waals surface area contributed by atoms with E-state index >= 15 is 0 Å². The van der Waals surface area contributed by atoms with Gasteiger partial charge in [0.05, 0.1) is 5.56 Å². The molecule has 1 fully saturated rings. The zero-order valence-electron chi connectivity index (χ0n) is 10.5. The van der Waals surface area contributed by atoms with Crippen LogP contribution in [0, 0.1) is 11.2 Å². The summed E-state index contributed by atoms with van der Waals surface area (Å²) < 4.78 is 36.5. The van der Waals surface area contributed by atoms with Gasteiger partial charge in [-0.2, -0.15) is 0 Å². The average Bonchev–Trinajstić information content (AvgIpc) is 3.06. The first-order valence-electron chi connectivity index (χ1n) is 5.84. The van der Waals surface area contributed by atoms with Crippen molar-refractivity contribution in [2.24, 2.45) is 5.41 Å². The first-order chi connectivity index (χ1) is 9.12. The number of hydrogen-bond donors (Lipinski definition) is 1. The summed E-state index contributed by atoms with van der Waals surface area (Å²) in [5, 5.41) is 2.50. The summed E-state index contributed by atoms with van der Waals surface area (Å²) in [7, 11) is 0.804. The summed E-state index contributed by atoms with van der Waals surface area (Å²) in [6.07, 6.45) is 1.99. The predicted octanol–water partition coefficient (Wildman–Crippen LogP) is 2.94. The summed E-state index contributed by atoms with van der Waals surface area (Å²) in [5.74, 6) is -1.90. The zero-order chi connectivity index (χ0) is 15.1. The molecule has 0 heterocycles. The second kappa shape index (κ2) is 5.16. The van der Waals surface area contributed by atoms with Crippen molar-refractivity contribution < 1.29 is 17.6 Å². The highest BCUT2D eigenvalue weighted by atomic mass is 35.7. The van der Waals surface area contributed by atoms with Gasteiger partial charge in [0.2, 0.25) is 0 Å². The molecule has 0 bridgehead atoms. The van der Waals surface area contributed by atoms with Crippen LogP contribution in [0.2, 0.25) is 5.02 Å². The monoisotopic (exact) mass is 339 g/mol. The van der Waals surface area contributed by atoms with E-state index in [0.29, 0.717) is 6.54 Å². The molecule has 1 aliphatic rings. The van der Waals surface area contributed by atoms with Crippen molar-refractivity contribution >= 4 is 37.2 Å². The minimum Gasteiger partial charge on any atom is -0.351 e. The molecular weight excluding hydrogens is 328 g/mol. The van der Waals surface area contributed by atoms with E-state index in [2.05, 4.69) is 5.32 Å². The maximum absolute atomic E-state index is 14.1. The van der Waals surface area contributed by atoms with Crippen LogP contribution in [0.1, 0.15) is 30.1 Å². The molecule has 0 aliphatic heterocycles. The fourth-order valence-electron chi connectivity index (χ4n) is 1.69. The zero-order valence-corrected chi connectivity index (χ0v) is 12.9. The first kappa shape index (κ1) is 15.5. The molecule has 0 saturated heterocycles. The Balaban J connectivity index is 2.31. The van der Waals surface area contributed by atoms with E-state index in [4.69, 9.17) is 22.3 Å². The molecule has 1 saturated carbocycles. The largest absolute Gasteiger partial charge is 0.351 e. The van der Waals surface area contributed by atoms with Crippen LogP contribution in [0.4, 0.5) is 4.39 Å². The predicted molar refractivity (Wildman–Crippen MR) is 74.1 cm³/mol. The third-order valence-corrected chi connectivity index (χ3v) is 4.83. The van der Waals surface area contributed by atoms with Crippen LogP contribution in [0.25, 0.3) is 0 Å². The Hall–Kier alpha value is -0.850. The van der Waals surface area contributed by atoms with E-state index in [0.717, 1.165) is 25.0 Å². The Morgan fingerprint density at radius 3 is 2.55 bits per heavy atom. The van der Waals surface area contributed by atoms with E-state index in [1.807, 2.05) is 6.92 Å². The quantitative estimate of drug-likeness (QED) is 0.857. The van der Waals surface area contributed by atoms with Gasteiger partial charge in [-0.3, -0.25) is 4.79 Å². The molecular formula is C12H12Cl2FNO3S. The molecule has 0 unspecified atom stereocenters. The number of benzene rings is 1. The van der Waals surface area contributed by atoms with E-state index in [9.17, 15) is 17.6 Å². The summed E-state index contributed by atoms with van der Waals surface area (Å²) in [6.45, 7) is 2.40. The molecule has 110 valence electrons. The SMILES string of the molecule is CC1(CNC(=O)c2cc(Cl)cc(S(=O)(=O)Cl)c2F)CC1. The van der Waals surface area contributed by atoms with Gasteiger partial charge in [0.1, 0.15) is 4.90 Å². The van der Waals surface area contributed by atoms with Gasteiger partial charge in [-0.25, -0.2) is 12.8 Å². The molecule has 1 aromatic carbocycles. The van der Waals surface area contributed by atoms with E-state index in [1.54, 1.807) is 0 Å². The summed E-state index contributed by atoms with van der Waals surface area (Å²) in [5.41, 5.74) is -0.382. The molecule has 20 heavy (non-hydrogen) atoms.